The SMILES string of the molecule is Cc1cc(Cl)ccc1CNC1CCC(=O)N(C)C1. The number of aryl methyl sites for hydroxylation is 1. The molecule has 98 valence electrons. The van der Waals surface area contributed by atoms with Gasteiger partial charge in [0.05, 0.1) is 0 Å². The van der Waals surface area contributed by atoms with E-state index in [-0.39, 0.29) is 5.91 Å². The maximum absolute atomic E-state index is 11.4. The first-order chi connectivity index (χ1) is 8.56. The molecule has 1 N–H and O–H groups in total. The molecule has 1 fully saturated rings. The lowest BCUT2D eigenvalue weighted by atomic mass is 10.0. The zero-order chi connectivity index (χ0) is 13.1. The Kier molecular flexibility index (Phi) is 4.25. The van der Waals surface area contributed by atoms with E-state index in [1.165, 1.54) is 11.1 Å². The predicted octanol–water partition coefficient (Wildman–Crippen LogP) is 2.36. The van der Waals surface area contributed by atoms with E-state index in [0.29, 0.717) is 12.5 Å². The summed E-state index contributed by atoms with van der Waals surface area (Å²) in [7, 11) is 1.86. The maximum Gasteiger partial charge on any atom is 0.222 e. The molecule has 1 unspecified atom stereocenters. The number of rotatable bonds is 3. The van der Waals surface area contributed by atoms with Crippen molar-refractivity contribution >= 4 is 17.5 Å². The number of hydrogen-bond acceptors (Lipinski definition) is 2. The van der Waals surface area contributed by atoms with Crippen molar-refractivity contribution in [1.29, 1.82) is 0 Å². The zero-order valence-electron chi connectivity index (χ0n) is 10.9. The fraction of sp³-hybridized carbons (Fsp3) is 0.500. The van der Waals surface area contributed by atoms with Gasteiger partial charge in [-0.2, -0.15) is 0 Å². The van der Waals surface area contributed by atoms with Crippen LogP contribution in [0.15, 0.2) is 18.2 Å². The molecule has 3 nitrogen and oxygen atoms in total. The molecule has 1 aliphatic rings. The first kappa shape index (κ1) is 13.4. The van der Waals surface area contributed by atoms with Crippen molar-refractivity contribution in [3.05, 3.63) is 34.3 Å². The topological polar surface area (TPSA) is 32.3 Å². The van der Waals surface area contributed by atoms with Crippen LogP contribution < -0.4 is 5.32 Å². The van der Waals surface area contributed by atoms with Crippen molar-refractivity contribution in [2.75, 3.05) is 13.6 Å². The van der Waals surface area contributed by atoms with Crippen molar-refractivity contribution in [2.45, 2.75) is 32.4 Å². The van der Waals surface area contributed by atoms with Crippen LogP contribution in [0.5, 0.6) is 0 Å². The molecule has 0 saturated carbocycles. The molecule has 0 aromatic heterocycles. The molecule has 1 saturated heterocycles. The average Bonchev–Trinajstić information content (AvgIpc) is 2.32. The molecule has 1 aliphatic heterocycles. The number of likely N-dealkylation sites (tertiary alicyclic amines) is 1. The summed E-state index contributed by atoms with van der Waals surface area (Å²) in [4.78, 5) is 13.2. The number of halogens is 1. The van der Waals surface area contributed by atoms with Crippen LogP contribution in [0.4, 0.5) is 0 Å². The summed E-state index contributed by atoms with van der Waals surface area (Å²) in [6, 6.07) is 6.35. The minimum atomic E-state index is 0.246. The molecule has 1 atom stereocenters. The van der Waals surface area contributed by atoms with Crippen molar-refractivity contribution in [3.63, 3.8) is 0 Å². The summed E-state index contributed by atoms with van der Waals surface area (Å²) in [5.41, 5.74) is 2.47. The Balaban J connectivity index is 1.90. The Morgan fingerprint density at radius 1 is 1.50 bits per heavy atom. The molecule has 0 spiro atoms. The third kappa shape index (κ3) is 3.24. The van der Waals surface area contributed by atoms with Crippen LogP contribution in [0.25, 0.3) is 0 Å². The number of nitrogens with zero attached hydrogens (tertiary/aromatic N) is 1. The summed E-state index contributed by atoms with van der Waals surface area (Å²) in [5.74, 6) is 0.246. The number of nitrogens with one attached hydrogen (secondary N) is 1. The van der Waals surface area contributed by atoms with Crippen LogP contribution >= 0.6 is 11.6 Å². The number of carbonyl (C=O) groups excluding carboxylic acids is 1. The molecule has 1 aromatic carbocycles. The van der Waals surface area contributed by atoms with Crippen molar-refractivity contribution in [3.8, 4) is 0 Å². The molecular formula is C14H19ClN2O. The van der Waals surface area contributed by atoms with Crippen LogP contribution in [0.3, 0.4) is 0 Å². The molecule has 0 bridgehead atoms. The standard InChI is InChI=1S/C14H19ClN2O/c1-10-7-12(15)4-3-11(10)8-16-13-5-6-14(18)17(2)9-13/h3-4,7,13,16H,5-6,8-9H2,1-2H3. The second-order valence-corrected chi connectivity index (χ2v) is 5.40. The van der Waals surface area contributed by atoms with Crippen molar-refractivity contribution in [1.82, 2.24) is 10.2 Å². The predicted molar refractivity (Wildman–Crippen MR) is 73.7 cm³/mol. The molecule has 1 heterocycles. The number of likely N-dealkylation sites (N-methyl/N-ethyl adjacent to an activating group) is 1. The lowest BCUT2D eigenvalue weighted by molar-refractivity contribution is -0.132. The van der Waals surface area contributed by atoms with Crippen molar-refractivity contribution < 1.29 is 4.79 Å². The monoisotopic (exact) mass is 266 g/mol. The van der Waals surface area contributed by atoms with E-state index in [1.807, 2.05) is 19.2 Å². The van der Waals surface area contributed by atoms with E-state index >= 15 is 0 Å². The Hall–Kier alpha value is -1.06. The minimum Gasteiger partial charge on any atom is -0.344 e. The quantitative estimate of drug-likeness (QED) is 0.911. The fourth-order valence-electron chi connectivity index (χ4n) is 2.29. The fourth-order valence-corrected chi connectivity index (χ4v) is 2.52. The lowest BCUT2D eigenvalue weighted by Gasteiger charge is -2.30. The van der Waals surface area contributed by atoms with Gasteiger partial charge >= 0.3 is 0 Å². The Labute approximate surface area is 113 Å². The zero-order valence-corrected chi connectivity index (χ0v) is 11.6. The van der Waals surface area contributed by atoms with E-state index in [0.717, 1.165) is 24.5 Å². The Morgan fingerprint density at radius 2 is 2.28 bits per heavy atom. The molecule has 2 rings (SSSR count). The lowest BCUT2D eigenvalue weighted by Crippen LogP contribution is -2.46. The van der Waals surface area contributed by atoms with Gasteiger partial charge in [-0.05, 0) is 36.6 Å². The molecule has 1 aromatic rings. The van der Waals surface area contributed by atoms with E-state index in [9.17, 15) is 4.79 Å². The van der Waals surface area contributed by atoms with Crippen LogP contribution in [0.1, 0.15) is 24.0 Å². The van der Waals surface area contributed by atoms with Crippen LogP contribution in [-0.4, -0.2) is 30.4 Å². The van der Waals surface area contributed by atoms with E-state index < -0.39 is 0 Å². The van der Waals surface area contributed by atoms with Gasteiger partial charge in [0.1, 0.15) is 0 Å². The normalized spacial score (nSPS) is 20.3. The molecule has 18 heavy (non-hydrogen) atoms. The number of carbonyl (C=O) groups is 1. The van der Waals surface area contributed by atoms with Gasteiger partial charge in [0, 0.05) is 37.6 Å². The second kappa shape index (κ2) is 5.72. The Bertz CT molecular complexity index is 447. The highest BCUT2D eigenvalue weighted by Gasteiger charge is 2.22. The average molecular weight is 267 g/mol. The number of piperidine rings is 1. The van der Waals surface area contributed by atoms with Gasteiger partial charge in [-0.1, -0.05) is 17.7 Å². The van der Waals surface area contributed by atoms with Crippen molar-refractivity contribution in [2.24, 2.45) is 0 Å². The summed E-state index contributed by atoms with van der Waals surface area (Å²) < 4.78 is 0. The van der Waals surface area contributed by atoms with E-state index in [1.54, 1.807) is 4.90 Å². The number of hydrogen-bond donors (Lipinski definition) is 1. The second-order valence-electron chi connectivity index (χ2n) is 4.96. The van der Waals surface area contributed by atoms with Gasteiger partial charge < -0.3 is 10.2 Å². The van der Waals surface area contributed by atoms with Gasteiger partial charge in [0.25, 0.3) is 0 Å². The molecule has 4 heteroatoms. The first-order valence-corrected chi connectivity index (χ1v) is 6.66. The minimum absolute atomic E-state index is 0.246. The van der Waals surface area contributed by atoms with E-state index in [4.69, 9.17) is 11.6 Å². The summed E-state index contributed by atoms with van der Waals surface area (Å²) >= 11 is 5.94. The molecule has 0 aliphatic carbocycles. The third-order valence-corrected chi connectivity index (χ3v) is 3.75. The first-order valence-electron chi connectivity index (χ1n) is 6.28. The smallest absolute Gasteiger partial charge is 0.222 e. The summed E-state index contributed by atoms with van der Waals surface area (Å²) in [5, 5.41) is 4.29. The van der Waals surface area contributed by atoms with Crippen LogP contribution in [-0.2, 0) is 11.3 Å². The van der Waals surface area contributed by atoms with Crippen LogP contribution in [0, 0.1) is 6.92 Å². The van der Waals surface area contributed by atoms with Crippen LogP contribution in [0.2, 0.25) is 5.02 Å². The van der Waals surface area contributed by atoms with Gasteiger partial charge in [-0.15, -0.1) is 0 Å². The highest BCUT2D eigenvalue weighted by molar-refractivity contribution is 6.30. The Morgan fingerprint density at radius 3 is 2.94 bits per heavy atom. The summed E-state index contributed by atoms with van der Waals surface area (Å²) in [6.45, 7) is 3.70. The van der Waals surface area contributed by atoms with Gasteiger partial charge in [-0.25, -0.2) is 0 Å². The van der Waals surface area contributed by atoms with Gasteiger partial charge in [-0.3, -0.25) is 4.79 Å². The highest BCUT2D eigenvalue weighted by Crippen LogP contribution is 2.16. The third-order valence-electron chi connectivity index (χ3n) is 3.51. The maximum atomic E-state index is 11.4. The number of benzene rings is 1. The van der Waals surface area contributed by atoms with Gasteiger partial charge in [0.15, 0.2) is 0 Å². The van der Waals surface area contributed by atoms with E-state index in [2.05, 4.69) is 18.3 Å². The molecular weight excluding hydrogens is 248 g/mol. The highest BCUT2D eigenvalue weighted by atomic mass is 35.5. The molecule has 1 amide bonds. The van der Waals surface area contributed by atoms with Gasteiger partial charge in [0.2, 0.25) is 5.91 Å². The largest absolute Gasteiger partial charge is 0.344 e. The number of amides is 1. The molecule has 0 radical (unpaired) electrons. The summed E-state index contributed by atoms with van der Waals surface area (Å²) in [6.07, 6.45) is 1.57.